The van der Waals surface area contributed by atoms with Gasteiger partial charge in [-0.15, -0.1) is 0 Å². The minimum absolute atomic E-state index is 0.118. The molecule has 0 spiro atoms. The molecule has 6 nitrogen and oxygen atoms in total. The highest BCUT2D eigenvalue weighted by molar-refractivity contribution is 5.71. The van der Waals surface area contributed by atoms with Gasteiger partial charge in [0.25, 0.3) is 0 Å². The average Bonchev–Trinajstić information content (AvgIpc) is 3.35. The molecule has 6 heteroatoms. The molecule has 0 saturated carbocycles. The van der Waals surface area contributed by atoms with Crippen molar-refractivity contribution in [3.63, 3.8) is 0 Å². The average molecular weight is 956 g/mol. The van der Waals surface area contributed by atoms with E-state index in [0.29, 0.717) is 19.3 Å². The van der Waals surface area contributed by atoms with Crippen LogP contribution >= 0.6 is 0 Å². The van der Waals surface area contributed by atoms with Crippen LogP contribution in [0.15, 0.2) is 122 Å². The molecule has 0 aliphatic heterocycles. The third-order valence-corrected chi connectivity index (χ3v) is 11.6. The number of unbranched alkanes of at least 4 members (excludes halogenated alkanes) is 23. The van der Waals surface area contributed by atoms with Crippen molar-refractivity contribution < 1.29 is 28.6 Å². The van der Waals surface area contributed by atoms with Gasteiger partial charge in [0.15, 0.2) is 6.10 Å². The quantitative estimate of drug-likeness (QED) is 0.0199. The van der Waals surface area contributed by atoms with Gasteiger partial charge in [-0.25, -0.2) is 0 Å². The molecular formula is C63H102O6. The molecule has 0 amide bonds. The summed E-state index contributed by atoms with van der Waals surface area (Å²) in [5.41, 5.74) is 0. The first-order chi connectivity index (χ1) is 34.0. The van der Waals surface area contributed by atoms with Crippen LogP contribution < -0.4 is 0 Å². The van der Waals surface area contributed by atoms with E-state index >= 15 is 0 Å². The predicted octanol–water partition coefficient (Wildman–Crippen LogP) is 18.9. The number of allylic oxidation sites excluding steroid dienone is 20. The SMILES string of the molecule is CC\C=C/C=C\C=C/C=C\C=C\C=C/CCCCCC(=O)OCC(COC(=O)CCCCCCCCC/C=C\CCCCCCCC)OC(=O)CCC/C=C\C/C=C\C/C=C\CCCCCCCC. The van der Waals surface area contributed by atoms with Crippen LogP contribution in [0.3, 0.4) is 0 Å². The van der Waals surface area contributed by atoms with Crippen LogP contribution in [0.5, 0.6) is 0 Å². The molecule has 0 aromatic rings. The lowest BCUT2D eigenvalue weighted by molar-refractivity contribution is -0.167. The minimum atomic E-state index is -0.829. The Morgan fingerprint density at radius 2 is 0.638 bits per heavy atom. The number of rotatable bonds is 49. The van der Waals surface area contributed by atoms with Crippen molar-refractivity contribution >= 4 is 17.9 Å². The first kappa shape index (κ1) is 64.8. The Bertz CT molecular complexity index is 1470. The lowest BCUT2D eigenvalue weighted by Crippen LogP contribution is -2.30. The first-order valence-corrected chi connectivity index (χ1v) is 28.1. The Kier molecular flexibility index (Phi) is 53.0. The molecule has 0 aromatic heterocycles. The lowest BCUT2D eigenvalue weighted by Gasteiger charge is -2.18. The van der Waals surface area contributed by atoms with E-state index in [0.717, 1.165) is 70.6 Å². The fourth-order valence-electron chi connectivity index (χ4n) is 7.37. The molecule has 390 valence electrons. The van der Waals surface area contributed by atoms with Crippen LogP contribution in [0.25, 0.3) is 0 Å². The highest BCUT2D eigenvalue weighted by Crippen LogP contribution is 2.13. The van der Waals surface area contributed by atoms with Crippen molar-refractivity contribution in [2.24, 2.45) is 0 Å². The second-order valence-corrected chi connectivity index (χ2v) is 18.3. The maximum absolute atomic E-state index is 12.8. The smallest absolute Gasteiger partial charge is 0.306 e. The maximum atomic E-state index is 12.8. The maximum Gasteiger partial charge on any atom is 0.306 e. The van der Waals surface area contributed by atoms with Crippen molar-refractivity contribution in [1.82, 2.24) is 0 Å². The summed E-state index contributed by atoms with van der Waals surface area (Å²) in [5.74, 6) is -1.02. The van der Waals surface area contributed by atoms with Crippen LogP contribution in [-0.4, -0.2) is 37.2 Å². The number of ether oxygens (including phenoxy) is 3. The van der Waals surface area contributed by atoms with Gasteiger partial charge in [0.1, 0.15) is 13.2 Å². The molecule has 0 aromatic carbocycles. The van der Waals surface area contributed by atoms with E-state index in [4.69, 9.17) is 14.2 Å². The number of carbonyl (C=O) groups is 3. The summed E-state index contributed by atoms with van der Waals surface area (Å²) >= 11 is 0. The highest BCUT2D eigenvalue weighted by Gasteiger charge is 2.19. The Labute approximate surface area is 424 Å². The van der Waals surface area contributed by atoms with E-state index in [1.54, 1.807) is 0 Å². The molecule has 0 bridgehead atoms. The summed E-state index contributed by atoms with van der Waals surface area (Å²) in [6.07, 6.45) is 77.6. The van der Waals surface area contributed by atoms with E-state index in [1.165, 1.54) is 122 Å². The number of carbonyl (C=O) groups excluding carboxylic acids is 3. The topological polar surface area (TPSA) is 78.9 Å². The van der Waals surface area contributed by atoms with Crippen molar-refractivity contribution in [2.45, 2.75) is 245 Å². The first-order valence-electron chi connectivity index (χ1n) is 28.1. The lowest BCUT2D eigenvalue weighted by atomic mass is 10.1. The molecule has 0 heterocycles. The molecule has 1 atom stereocenters. The summed E-state index contributed by atoms with van der Waals surface area (Å²) in [7, 11) is 0. The fraction of sp³-hybridized carbons (Fsp3) is 0.635. The van der Waals surface area contributed by atoms with Crippen molar-refractivity contribution in [3.8, 4) is 0 Å². The second kappa shape index (κ2) is 56.4. The summed E-state index contributed by atoms with van der Waals surface area (Å²) in [6.45, 7) is 6.40. The van der Waals surface area contributed by atoms with Crippen LogP contribution in [0.2, 0.25) is 0 Å². The summed E-state index contributed by atoms with van der Waals surface area (Å²) in [4.78, 5) is 38.1. The van der Waals surface area contributed by atoms with Gasteiger partial charge in [0, 0.05) is 19.3 Å². The number of hydrogen-bond acceptors (Lipinski definition) is 6. The van der Waals surface area contributed by atoms with Gasteiger partial charge in [0.2, 0.25) is 0 Å². The van der Waals surface area contributed by atoms with E-state index in [1.807, 2.05) is 60.8 Å². The zero-order valence-electron chi connectivity index (χ0n) is 44.5. The molecule has 0 saturated heterocycles. The number of hydrogen-bond donors (Lipinski definition) is 0. The van der Waals surface area contributed by atoms with Crippen molar-refractivity contribution in [2.75, 3.05) is 13.2 Å². The zero-order valence-corrected chi connectivity index (χ0v) is 44.5. The summed E-state index contributed by atoms with van der Waals surface area (Å²) in [5, 5.41) is 0. The van der Waals surface area contributed by atoms with E-state index in [9.17, 15) is 14.4 Å². The molecule has 0 aliphatic rings. The molecule has 0 radical (unpaired) electrons. The van der Waals surface area contributed by atoms with Crippen LogP contribution in [0, 0.1) is 0 Å². The normalized spacial score (nSPS) is 13.0. The molecule has 1 unspecified atom stereocenters. The second-order valence-electron chi connectivity index (χ2n) is 18.3. The molecule has 0 rings (SSSR count). The van der Waals surface area contributed by atoms with Crippen molar-refractivity contribution in [1.29, 1.82) is 0 Å². The van der Waals surface area contributed by atoms with Crippen LogP contribution in [0.1, 0.15) is 239 Å². The summed E-state index contributed by atoms with van der Waals surface area (Å²) in [6, 6.07) is 0. The Balaban J connectivity index is 4.57. The standard InChI is InChI=1S/C63H102O6/c1-4-7-10-13-16-19-22-25-28-31-34-37-40-43-46-49-52-55-61(64)67-58-60(69-63(66)57-54-51-48-45-42-39-36-33-30-27-24-21-18-15-12-9-6-3)59-68-62(65)56-53-50-47-44-41-38-35-32-29-26-23-20-17-14-11-8-5-2/h7,10,13,16,19,22,25-31,34,36-37,39-40,45,48,60H,4-6,8-9,11-12,14-15,17-18,20-21,23-24,32-33,35,38,41-44,46-47,49-59H2,1-3H3/b10-7-,16-13-,22-19-,28-25-,29-26-,30-27-,34-31+,39-36-,40-37-,48-45-. The van der Waals surface area contributed by atoms with Gasteiger partial charge in [0.05, 0.1) is 0 Å². The Hall–Kier alpha value is -4.19. The van der Waals surface area contributed by atoms with Gasteiger partial charge >= 0.3 is 17.9 Å². The van der Waals surface area contributed by atoms with Gasteiger partial charge < -0.3 is 14.2 Å². The molecule has 0 N–H and O–H groups in total. The Morgan fingerprint density at radius 3 is 1.09 bits per heavy atom. The third kappa shape index (κ3) is 54.6. The molecule has 69 heavy (non-hydrogen) atoms. The monoisotopic (exact) mass is 955 g/mol. The Morgan fingerprint density at radius 1 is 0.319 bits per heavy atom. The van der Waals surface area contributed by atoms with Crippen LogP contribution in [-0.2, 0) is 28.6 Å². The van der Waals surface area contributed by atoms with Crippen molar-refractivity contribution in [3.05, 3.63) is 122 Å². The molecule has 0 fully saturated rings. The van der Waals surface area contributed by atoms with Gasteiger partial charge in [-0.1, -0.05) is 245 Å². The van der Waals surface area contributed by atoms with Gasteiger partial charge in [-0.2, -0.15) is 0 Å². The van der Waals surface area contributed by atoms with E-state index in [2.05, 4.69) is 81.5 Å². The highest BCUT2D eigenvalue weighted by atomic mass is 16.6. The van der Waals surface area contributed by atoms with Gasteiger partial charge in [-0.3, -0.25) is 14.4 Å². The van der Waals surface area contributed by atoms with E-state index in [-0.39, 0.29) is 37.5 Å². The largest absolute Gasteiger partial charge is 0.462 e. The van der Waals surface area contributed by atoms with Crippen LogP contribution in [0.4, 0.5) is 0 Å². The fourth-order valence-corrected chi connectivity index (χ4v) is 7.37. The van der Waals surface area contributed by atoms with E-state index < -0.39 is 6.10 Å². The molecular weight excluding hydrogens is 853 g/mol. The predicted molar refractivity (Wildman–Crippen MR) is 297 cm³/mol. The number of esters is 3. The minimum Gasteiger partial charge on any atom is -0.462 e. The molecule has 0 aliphatic carbocycles. The zero-order chi connectivity index (χ0) is 50.0. The summed E-state index contributed by atoms with van der Waals surface area (Å²) < 4.78 is 16.8. The van der Waals surface area contributed by atoms with Gasteiger partial charge in [-0.05, 0) is 96.3 Å². The third-order valence-electron chi connectivity index (χ3n) is 11.6.